The number of anilines is 1. The van der Waals surface area contributed by atoms with Crippen molar-refractivity contribution in [2.24, 2.45) is 0 Å². The number of aryl methyl sites for hydroxylation is 1. The molecule has 1 atom stereocenters. The number of ether oxygens (including phenoxy) is 2. The number of carbonyl (C=O) groups excluding carboxylic acids is 1. The number of amides is 1. The van der Waals surface area contributed by atoms with Gasteiger partial charge in [-0.15, -0.1) is 0 Å². The fourth-order valence-corrected chi connectivity index (χ4v) is 5.06. The van der Waals surface area contributed by atoms with Crippen LogP contribution in [0.1, 0.15) is 29.0 Å². The molecule has 0 aliphatic carbocycles. The first-order valence-corrected chi connectivity index (χ1v) is 11.3. The Bertz CT molecular complexity index is 1280. The minimum atomic E-state index is -0.253. The van der Waals surface area contributed by atoms with Crippen LogP contribution in [0.4, 0.5) is 5.13 Å². The van der Waals surface area contributed by atoms with Gasteiger partial charge in [0, 0.05) is 17.0 Å². The van der Waals surface area contributed by atoms with Crippen LogP contribution >= 0.6 is 22.9 Å². The summed E-state index contributed by atoms with van der Waals surface area (Å²) in [6.45, 7) is 3.06. The van der Waals surface area contributed by atoms with Crippen LogP contribution in [-0.2, 0) is 4.74 Å². The Kier molecular flexibility index (Phi) is 5.33. The Morgan fingerprint density at radius 3 is 3.00 bits per heavy atom. The van der Waals surface area contributed by atoms with E-state index in [0.29, 0.717) is 34.6 Å². The van der Waals surface area contributed by atoms with Gasteiger partial charge in [0.2, 0.25) is 0 Å². The van der Waals surface area contributed by atoms with E-state index in [4.69, 9.17) is 30.5 Å². The molecule has 0 bridgehead atoms. The summed E-state index contributed by atoms with van der Waals surface area (Å²) in [6, 6.07) is 11.1. The number of benzene rings is 2. The number of hydrogen-bond acceptors (Lipinski definition) is 6. The number of methoxy groups -OCH3 is 1. The lowest BCUT2D eigenvalue weighted by molar-refractivity contribution is 0.0896. The average Bonchev–Trinajstić information content (AvgIpc) is 3.53. The predicted octanol–water partition coefficient (Wildman–Crippen LogP) is 5.84. The second-order valence-corrected chi connectivity index (χ2v) is 8.97. The van der Waals surface area contributed by atoms with Crippen molar-refractivity contribution < 1.29 is 18.7 Å². The largest absolute Gasteiger partial charge is 0.493 e. The number of fused-ring (bicyclic) bond motifs is 2. The monoisotopic (exact) mass is 456 g/mol. The number of rotatable bonds is 5. The molecular weight excluding hydrogens is 436 g/mol. The molecule has 5 rings (SSSR count). The minimum Gasteiger partial charge on any atom is -0.493 e. The molecule has 6 nitrogen and oxygen atoms in total. The molecule has 0 saturated carbocycles. The first-order valence-electron chi connectivity index (χ1n) is 10.1. The molecule has 1 saturated heterocycles. The van der Waals surface area contributed by atoms with Gasteiger partial charge in [-0.2, -0.15) is 0 Å². The number of thiazole rings is 1. The quantitative estimate of drug-likeness (QED) is 0.377. The Labute approximate surface area is 188 Å². The van der Waals surface area contributed by atoms with Gasteiger partial charge in [-0.1, -0.05) is 35.1 Å². The summed E-state index contributed by atoms with van der Waals surface area (Å²) in [6.07, 6.45) is 1.87. The molecule has 1 amide bonds. The fourth-order valence-electron chi connectivity index (χ4n) is 3.88. The smallest absolute Gasteiger partial charge is 0.295 e. The van der Waals surface area contributed by atoms with Gasteiger partial charge in [0.05, 0.1) is 30.0 Å². The van der Waals surface area contributed by atoms with Crippen molar-refractivity contribution in [1.82, 2.24) is 4.98 Å². The number of hydrogen-bond donors (Lipinski definition) is 0. The van der Waals surface area contributed by atoms with Gasteiger partial charge in [-0.05, 0) is 49.6 Å². The molecule has 0 radical (unpaired) electrons. The van der Waals surface area contributed by atoms with Gasteiger partial charge in [-0.25, -0.2) is 4.98 Å². The molecule has 4 aromatic rings. The van der Waals surface area contributed by atoms with Crippen molar-refractivity contribution >= 4 is 55.2 Å². The van der Waals surface area contributed by atoms with E-state index in [1.807, 2.05) is 37.3 Å². The van der Waals surface area contributed by atoms with Crippen molar-refractivity contribution in [3.8, 4) is 5.75 Å². The third-order valence-electron chi connectivity index (χ3n) is 5.56. The van der Waals surface area contributed by atoms with Crippen LogP contribution in [0.2, 0.25) is 5.02 Å². The Morgan fingerprint density at radius 1 is 1.35 bits per heavy atom. The van der Waals surface area contributed by atoms with E-state index in [9.17, 15) is 4.79 Å². The maximum Gasteiger partial charge on any atom is 0.295 e. The lowest BCUT2D eigenvalue weighted by Gasteiger charge is -2.22. The highest BCUT2D eigenvalue weighted by atomic mass is 35.5. The normalized spacial score (nSPS) is 16.3. The van der Waals surface area contributed by atoms with Gasteiger partial charge in [-0.3, -0.25) is 9.69 Å². The molecule has 1 aliphatic rings. The first-order chi connectivity index (χ1) is 15.0. The van der Waals surface area contributed by atoms with Gasteiger partial charge in [0.25, 0.3) is 5.91 Å². The summed E-state index contributed by atoms with van der Waals surface area (Å²) in [7, 11) is 1.58. The molecule has 0 spiro atoms. The van der Waals surface area contributed by atoms with Gasteiger partial charge < -0.3 is 13.9 Å². The van der Waals surface area contributed by atoms with Gasteiger partial charge >= 0.3 is 0 Å². The van der Waals surface area contributed by atoms with Crippen LogP contribution in [0.25, 0.3) is 21.2 Å². The molecule has 160 valence electrons. The summed E-state index contributed by atoms with van der Waals surface area (Å²) >= 11 is 7.75. The summed E-state index contributed by atoms with van der Waals surface area (Å²) in [5.74, 6) is 0.579. The number of aromatic nitrogens is 1. The van der Waals surface area contributed by atoms with Crippen LogP contribution in [0, 0.1) is 6.92 Å². The standard InChI is InChI=1S/C23H21ClN2O4S/c1-13-16(24)8-9-19-20(13)25-23(31-19)26(12-15-6-4-10-29-15)22(27)18-11-14-5-3-7-17(28-2)21(14)30-18/h3,5,7-9,11,15H,4,6,10,12H2,1-2H3. The zero-order valence-corrected chi connectivity index (χ0v) is 18.8. The lowest BCUT2D eigenvalue weighted by atomic mass is 10.2. The molecule has 0 N–H and O–H groups in total. The Morgan fingerprint density at radius 2 is 2.23 bits per heavy atom. The second kappa shape index (κ2) is 8.15. The number of furan rings is 1. The van der Waals surface area contributed by atoms with E-state index < -0.39 is 0 Å². The Balaban J connectivity index is 1.57. The topological polar surface area (TPSA) is 64.8 Å². The summed E-state index contributed by atoms with van der Waals surface area (Å²) < 4.78 is 18.1. The van der Waals surface area contributed by atoms with E-state index in [1.54, 1.807) is 18.1 Å². The van der Waals surface area contributed by atoms with Crippen molar-refractivity contribution in [3.05, 3.63) is 52.7 Å². The molecule has 8 heteroatoms. The number of nitrogens with zero attached hydrogens (tertiary/aromatic N) is 2. The molecule has 3 heterocycles. The summed E-state index contributed by atoms with van der Waals surface area (Å²) in [4.78, 5) is 20.0. The lowest BCUT2D eigenvalue weighted by Crippen LogP contribution is -2.37. The molecule has 1 aliphatic heterocycles. The maximum absolute atomic E-state index is 13.6. The SMILES string of the molecule is COc1cccc2cc(C(=O)N(CC3CCCO3)c3nc4c(C)c(Cl)ccc4s3)oc12. The van der Waals surface area contributed by atoms with Crippen LogP contribution in [0.3, 0.4) is 0 Å². The van der Waals surface area contributed by atoms with Crippen molar-refractivity contribution in [2.75, 3.05) is 25.2 Å². The van der Waals surface area contributed by atoms with Crippen molar-refractivity contribution in [1.29, 1.82) is 0 Å². The number of para-hydroxylation sites is 1. The fraction of sp³-hybridized carbons (Fsp3) is 0.304. The molecule has 2 aromatic carbocycles. The predicted molar refractivity (Wildman–Crippen MR) is 123 cm³/mol. The van der Waals surface area contributed by atoms with E-state index in [2.05, 4.69) is 0 Å². The number of carbonyl (C=O) groups is 1. The highest BCUT2D eigenvalue weighted by Crippen LogP contribution is 2.36. The van der Waals surface area contributed by atoms with E-state index in [1.165, 1.54) is 11.3 Å². The minimum absolute atomic E-state index is 0.0282. The van der Waals surface area contributed by atoms with Crippen LogP contribution in [-0.4, -0.2) is 37.3 Å². The van der Waals surface area contributed by atoms with E-state index >= 15 is 0 Å². The average molecular weight is 457 g/mol. The van der Waals surface area contributed by atoms with E-state index in [0.717, 1.165) is 34.0 Å². The first kappa shape index (κ1) is 20.3. The van der Waals surface area contributed by atoms with Crippen molar-refractivity contribution in [2.45, 2.75) is 25.9 Å². The maximum atomic E-state index is 13.6. The van der Waals surface area contributed by atoms with Crippen LogP contribution < -0.4 is 9.64 Å². The number of halogens is 1. The zero-order chi connectivity index (χ0) is 21.5. The summed E-state index contributed by atoms with van der Waals surface area (Å²) in [5, 5.41) is 2.07. The Hall–Kier alpha value is -2.61. The van der Waals surface area contributed by atoms with E-state index in [-0.39, 0.29) is 17.8 Å². The zero-order valence-electron chi connectivity index (χ0n) is 17.2. The van der Waals surface area contributed by atoms with Crippen LogP contribution in [0.5, 0.6) is 5.75 Å². The highest BCUT2D eigenvalue weighted by Gasteiger charge is 2.29. The second-order valence-electron chi connectivity index (χ2n) is 7.56. The third kappa shape index (κ3) is 3.67. The highest BCUT2D eigenvalue weighted by molar-refractivity contribution is 7.22. The molecule has 1 fully saturated rings. The van der Waals surface area contributed by atoms with Crippen molar-refractivity contribution in [3.63, 3.8) is 0 Å². The van der Waals surface area contributed by atoms with Gasteiger partial charge in [0.1, 0.15) is 0 Å². The summed E-state index contributed by atoms with van der Waals surface area (Å²) in [5.41, 5.74) is 2.26. The van der Waals surface area contributed by atoms with Crippen LogP contribution in [0.15, 0.2) is 40.8 Å². The molecule has 2 aromatic heterocycles. The third-order valence-corrected chi connectivity index (χ3v) is 7.01. The molecular formula is C23H21ClN2O4S. The molecule has 31 heavy (non-hydrogen) atoms. The van der Waals surface area contributed by atoms with Gasteiger partial charge in [0.15, 0.2) is 22.2 Å². The molecule has 1 unspecified atom stereocenters.